The SMILES string of the molecule is CC[C@@H]1[C@@H]2C=CC[C@H]1C2=O. The lowest BCUT2D eigenvalue weighted by Crippen LogP contribution is -2.48. The fraction of sp³-hybridized carbons (Fsp3) is 0.667. The predicted octanol–water partition coefficient (Wildman–Crippen LogP) is 1.79. The van der Waals surface area contributed by atoms with Crippen LogP contribution in [0, 0.1) is 17.8 Å². The van der Waals surface area contributed by atoms with Crippen LogP contribution < -0.4 is 0 Å². The fourth-order valence-electron chi connectivity index (χ4n) is 2.24. The lowest BCUT2D eigenvalue weighted by molar-refractivity contribution is -0.140. The summed E-state index contributed by atoms with van der Waals surface area (Å²) in [6, 6.07) is 0. The van der Waals surface area contributed by atoms with Gasteiger partial charge in [0.15, 0.2) is 0 Å². The van der Waals surface area contributed by atoms with Crippen molar-refractivity contribution in [1.29, 1.82) is 0 Å². The van der Waals surface area contributed by atoms with E-state index in [9.17, 15) is 4.79 Å². The maximum absolute atomic E-state index is 11.2. The summed E-state index contributed by atoms with van der Waals surface area (Å²) < 4.78 is 0. The molecule has 2 bridgehead atoms. The van der Waals surface area contributed by atoms with Crippen LogP contribution in [0.5, 0.6) is 0 Å². The Labute approximate surface area is 61.1 Å². The molecular formula is C9H12O. The minimum absolute atomic E-state index is 0.309. The van der Waals surface area contributed by atoms with Crippen LogP contribution >= 0.6 is 0 Å². The highest BCUT2D eigenvalue weighted by atomic mass is 16.1. The van der Waals surface area contributed by atoms with Crippen LogP contribution in [0.1, 0.15) is 19.8 Å². The van der Waals surface area contributed by atoms with Crippen molar-refractivity contribution in [1.82, 2.24) is 0 Å². The molecule has 1 heteroatoms. The molecule has 0 aromatic rings. The molecule has 0 aromatic carbocycles. The molecule has 0 radical (unpaired) electrons. The Hall–Kier alpha value is -0.590. The quantitative estimate of drug-likeness (QED) is 0.502. The number of rotatable bonds is 1. The number of carbonyl (C=O) groups is 1. The Balaban J connectivity index is 2.21. The van der Waals surface area contributed by atoms with Gasteiger partial charge in [-0.1, -0.05) is 25.5 Å². The molecule has 1 nitrogen and oxygen atoms in total. The van der Waals surface area contributed by atoms with Crippen LogP contribution in [0.25, 0.3) is 0 Å². The normalized spacial score (nSPS) is 43.3. The van der Waals surface area contributed by atoms with Crippen LogP contribution in [0.3, 0.4) is 0 Å². The first kappa shape index (κ1) is 6.14. The van der Waals surface area contributed by atoms with Gasteiger partial charge in [-0.3, -0.25) is 4.79 Å². The van der Waals surface area contributed by atoms with Crippen molar-refractivity contribution in [2.75, 3.05) is 0 Å². The highest BCUT2D eigenvalue weighted by Gasteiger charge is 2.47. The smallest absolute Gasteiger partial charge is 0.143 e. The van der Waals surface area contributed by atoms with Crippen LogP contribution in [0.4, 0.5) is 0 Å². The number of fused-ring (bicyclic) bond motifs is 1. The molecule has 0 heterocycles. The van der Waals surface area contributed by atoms with Gasteiger partial charge in [0.25, 0.3) is 0 Å². The van der Waals surface area contributed by atoms with E-state index in [2.05, 4.69) is 19.1 Å². The average Bonchev–Trinajstić information content (AvgIpc) is 2.02. The van der Waals surface area contributed by atoms with Gasteiger partial charge in [-0.05, 0) is 12.3 Å². The maximum atomic E-state index is 11.2. The highest BCUT2D eigenvalue weighted by Crippen LogP contribution is 2.45. The van der Waals surface area contributed by atoms with Crippen LogP contribution in [-0.4, -0.2) is 5.78 Å². The van der Waals surface area contributed by atoms with E-state index in [1.54, 1.807) is 0 Å². The van der Waals surface area contributed by atoms with Gasteiger partial charge in [-0.2, -0.15) is 0 Å². The lowest BCUT2D eigenvalue weighted by Gasteiger charge is -2.43. The Morgan fingerprint density at radius 2 is 2.50 bits per heavy atom. The van der Waals surface area contributed by atoms with Gasteiger partial charge in [0, 0.05) is 11.8 Å². The number of carbonyl (C=O) groups excluding carboxylic acids is 1. The van der Waals surface area contributed by atoms with E-state index in [0.717, 1.165) is 6.42 Å². The summed E-state index contributed by atoms with van der Waals surface area (Å²) in [7, 11) is 0. The summed E-state index contributed by atoms with van der Waals surface area (Å²) in [6.45, 7) is 2.18. The van der Waals surface area contributed by atoms with Crippen molar-refractivity contribution in [3.63, 3.8) is 0 Å². The molecule has 1 fully saturated rings. The number of Topliss-reactive ketones (excluding diaryl/α,β-unsaturated/α-hetero) is 1. The molecule has 54 valence electrons. The molecule has 3 atom stereocenters. The average molecular weight is 136 g/mol. The number of hydrogen-bond donors (Lipinski definition) is 0. The summed E-state index contributed by atoms with van der Waals surface area (Å²) in [4.78, 5) is 11.2. The topological polar surface area (TPSA) is 17.1 Å². The van der Waals surface area contributed by atoms with Gasteiger partial charge in [0.1, 0.15) is 5.78 Å². The molecule has 1 saturated carbocycles. The first-order valence-electron chi connectivity index (χ1n) is 4.05. The van der Waals surface area contributed by atoms with E-state index < -0.39 is 0 Å². The minimum atomic E-state index is 0.309. The number of ketones is 1. The summed E-state index contributed by atoms with van der Waals surface area (Å²) >= 11 is 0. The van der Waals surface area contributed by atoms with Gasteiger partial charge in [-0.15, -0.1) is 0 Å². The molecular weight excluding hydrogens is 124 g/mol. The predicted molar refractivity (Wildman–Crippen MR) is 39.5 cm³/mol. The van der Waals surface area contributed by atoms with Gasteiger partial charge < -0.3 is 0 Å². The van der Waals surface area contributed by atoms with E-state index >= 15 is 0 Å². The van der Waals surface area contributed by atoms with Crippen LogP contribution in [0.2, 0.25) is 0 Å². The zero-order valence-corrected chi connectivity index (χ0v) is 6.21. The van der Waals surface area contributed by atoms with Gasteiger partial charge in [0.05, 0.1) is 0 Å². The zero-order valence-electron chi connectivity index (χ0n) is 6.21. The third-order valence-electron chi connectivity index (χ3n) is 2.88. The fourth-order valence-corrected chi connectivity index (χ4v) is 2.24. The number of allylic oxidation sites excluding steroid dienone is 2. The molecule has 0 amide bonds. The van der Waals surface area contributed by atoms with Crippen molar-refractivity contribution >= 4 is 5.78 Å². The second-order valence-electron chi connectivity index (χ2n) is 3.27. The molecule has 3 aliphatic carbocycles. The molecule has 10 heavy (non-hydrogen) atoms. The number of hydrogen-bond acceptors (Lipinski definition) is 1. The minimum Gasteiger partial charge on any atom is -0.299 e. The van der Waals surface area contributed by atoms with E-state index in [1.807, 2.05) is 0 Å². The largest absolute Gasteiger partial charge is 0.299 e. The Morgan fingerprint density at radius 1 is 1.70 bits per heavy atom. The summed E-state index contributed by atoms with van der Waals surface area (Å²) in [5.41, 5.74) is 0. The first-order valence-corrected chi connectivity index (χ1v) is 4.05. The standard InChI is InChI=1S/C9H12O/c1-2-6-7-4-3-5-8(6)9(7)10/h3-4,6-8H,2,5H2,1H3/t6-,7+,8-/m1/s1. The lowest BCUT2D eigenvalue weighted by atomic mass is 9.58. The summed E-state index contributed by atoms with van der Waals surface area (Å²) in [5, 5.41) is 0. The molecule has 3 aliphatic rings. The summed E-state index contributed by atoms with van der Waals surface area (Å²) in [5.74, 6) is 1.90. The van der Waals surface area contributed by atoms with E-state index in [-0.39, 0.29) is 0 Å². The Bertz CT molecular complexity index is 193. The molecule has 3 rings (SSSR count). The van der Waals surface area contributed by atoms with Crippen LogP contribution in [-0.2, 0) is 4.79 Å². The molecule has 0 N–H and O–H groups in total. The van der Waals surface area contributed by atoms with Crippen molar-refractivity contribution in [3.05, 3.63) is 12.2 Å². The van der Waals surface area contributed by atoms with Gasteiger partial charge in [-0.25, -0.2) is 0 Å². The molecule has 0 spiro atoms. The Morgan fingerprint density at radius 3 is 2.80 bits per heavy atom. The van der Waals surface area contributed by atoms with E-state index in [1.165, 1.54) is 6.42 Å². The van der Waals surface area contributed by atoms with Crippen molar-refractivity contribution in [3.8, 4) is 0 Å². The van der Waals surface area contributed by atoms with E-state index in [0.29, 0.717) is 23.5 Å². The second-order valence-corrected chi connectivity index (χ2v) is 3.27. The molecule has 0 unspecified atom stereocenters. The Kier molecular flexibility index (Phi) is 1.19. The van der Waals surface area contributed by atoms with Crippen molar-refractivity contribution in [2.45, 2.75) is 19.8 Å². The van der Waals surface area contributed by atoms with Crippen molar-refractivity contribution < 1.29 is 4.79 Å². The maximum Gasteiger partial charge on any atom is 0.143 e. The summed E-state index contributed by atoms with van der Waals surface area (Å²) in [6.07, 6.45) is 6.43. The zero-order chi connectivity index (χ0) is 7.14. The third-order valence-corrected chi connectivity index (χ3v) is 2.88. The van der Waals surface area contributed by atoms with Gasteiger partial charge >= 0.3 is 0 Å². The van der Waals surface area contributed by atoms with Gasteiger partial charge in [0.2, 0.25) is 0 Å². The highest BCUT2D eigenvalue weighted by molar-refractivity contribution is 5.92. The molecule has 0 aliphatic heterocycles. The third kappa shape index (κ3) is 0.556. The van der Waals surface area contributed by atoms with Crippen LogP contribution in [0.15, 0.2) is 12.2 Å². The van der Waals surface area contributed by atoms with Crippen molar-refractivity contribution in [2.24, 2.45) is 17.8 Å². The second kappa shape index (κ2) is 1.94. The first-order chi connectivity index (χ1) is 4.84. The van der Waals surface area contributed by atoms with E-state index in [4.69, 9.17) is 0 Å². The monoisotopic (exact) mass is 136 g/mol. The molecule has 0 saturated heterocycles. The molecule has 0 aromatic heterocycles.